The summed E-state index contributed by atoms with van der Waals surface area (Å²) >= 11 is 0. The van der Waals surface area contributed by atoms with Gasteiger partial charge in [-0.15, -0.1) is 0 Å². The van der Waals surface area contributed by atoms with Gasteiger partial charge >= 0.3 is 0 Å². The number of rotatable bonds is 0. The Labute approximate surface area is 91.7 Å². The van der Waals surface area contributed by atoms with Gasteiger partial charge in [0.2, 0.25) is 0 Å². The van der Waals surface area contributed by atoms with Gasteiger partial charge < -0.3 is 10.3 Å². The van der Waals surface area contributed by atoms with Gasteiger partial charge in [0.15, 0.2) is 0 Å². The summed E-state index contributed by atoms with van der Waals surface area (Å²) in [6.45, 7) is 2.81. The van der Waals surface area contributed by atoms with Crippen molar-refractivity contribution in [1.82, 2.24) is 10.3 Å². The molecule has 1 aromatic heterocycles. The smallest absolute Gasteiger partial charge is 0.147 e. The number of hydrogen-bond acceptors (Lipinski definition) is 1. The Kier molecular flexibility index (Phi) is 2.01. The second-order valence-corrected chi connectivity index (χ2v) is 4.22. The summed E-state index contributed by atoms with van der Waals surface area (Å²) in [5.41, 5.74) is 2.11. The molecule has 0 spiro atoms. The average molecular weight is 222 g/mol. The van der Waals surface area contributed by atoms with Crippen LogP contribution in [0.2, 0.25) is 0 Å². The summed E-state index contributed by atoms with van der Waals surface area (Å²) in [6, 6.07) is 2.42. The average Bonchev–Trinajstić information content (AvgIpc) is 2.65. The minimum atomic E-state index is -0.391. The van der Waals surface area contributed by atoms with Crippen molar-refractivity contribution in [1.29, 1.82) is 0 Å². The SMILES string of the molecule is C[C@H]1NCCc2[nH]c3c(F)ccc(F)c3c21. The molecule has 84 valence electrons. The predicted molar refractivity (Wildman–Crippen MR) is 58.3 cm³/mol. The van der Waals surface area contributed by atoms with Crippen molar-refractivity contribution in [2.24, 2.45) is 0 Å². The Hall–Kier alpha value is -1.42. The van der Waals surface area contributed by atoms with Gasteiger partial charge in [-0.3, -0.25) is 0 Å². The van der Waals surface area contributed by atoms with E-state index in [4.69, 9.17) is 0 Å². The summed E-state index contributed by atoms with van der Waals surface area (Å²) in [5, 5.41) is 3.65. The summed E-state index contributed by atoms with van der Waals surface area (Å²) in [7, 11) is 0. The van der Waals surface area contributed by atoms with Crippen molar-refractivity contribution in [3.8, 4) is 0 Å². The highest BCUT2D eigenvalue weighted by Gasteiger charge is 2.24. The molecule has 1 aliphatic rings. The molecule has 0 saturated heterocycles. The van der Waals surface area contributed by atoms with Crippen LogP contribution in [-0.4, -0.2) is 11.5 Å². The predicted octanol–water partition coefficient (Wildman–Crippen LogP) is 2.65. The minimum absolute atomic E-state index is 0.0637. The zero-order valence-electron chi connectivity index (χ0n) is 8.90. The second-order valence-electron chi connectivity index (χ2n) is 4.22. The molecule has 0 fully saturated rings. The summed E-state index contributed by atoms with van der Waals surface area (Å²) in [5.74, 6) is -0.748. The van der Waals surface area contributed by atoms with Crippen LogP contribution in [0, 0.1) is 11.6 Å². The van der Waals surface area contributed by atoms with Crippen LogP contribution in [0.4, 0.5) is 8.78 Å². The third-order valence-electron chi connectivity index (χ3n) is 3.23. The number of hydrogen-bond donors (Lipinski definition) is 2. The number of benzene rings is 1. The van der Waals surface area contributed by atoms with Gasteiger partial charge in [-0.2, -0.15) is 0 Å². The van der Waals surface area contributed by atoms with Crippen molar-refractivity contribution >= 4 is 10.9 Å². The standard InChI is InChI=1S/C12H12F2N2/c1-6-10-9(4-5-15-6)16-12-8(14)3-2-7(13)11(10)12/h2-3,6,15-16H,4-5H2,1H3/t6-/m1/s1. The lowest BCUT2D eigenvalue weighted by Gasteiger charge is -2.20. The number of aromatic nitrogens is 1. The third-order valence-corrected chi connectivity index (χ3v) is 3.23. The molecule has 1 aliphatic heterocycles. The molecule has 0 saturated carbocycles. The van der Waals surface area contributed by atoms with E-state index in [1.54, 1.807) is 0 Å². The van der Waals surface area contributed by atoms with Crippen LogP contribution in [0.25, 0.3) is 10.9 Å². The van der Waals surface area contributed by atoms with Crippen LogP contribution < -0.4 is 5.32 Å². The molecule has 2 aromatic rings. The Bertz CT molecular complexity index is 560. The van der Waals surface area contributed by atoms with Gasteiger partial charge in [0.05, 0.1) is 5.52 Å². The maximum Gasteiger partial charge on any atom is 0.147 e. The maximum atomic E-state index is 13.7. The molecular formula is C12H12F2N2. The van der Waals surface area contributed by atoms with Crippen LogP contribution in [0.1, 0.15) is 24.2 Å². The molecule has 0 bridgehead atoms. The van der Waals surface area contributed by atoms with E-state index in [1.165, 1.54) is 6.07 Å². The first-order chi connectivity index (χ1) is 7.68. The zero-order valence-corrected chi connectivity index (χ0v) is 8.90. The topological polar surface area (TPSA) is 27.8 Å². The van der Waals surface area contributed by atoms with Crippen molar-refractivity contribution in [3.05, 3.63) is 35.0 Å². The van der Waals surface area contributed by atoms with E-state index in [0.29, 0.717) is 10.9 Å². The lowest BCUT2D eigenvalue weighted by Crippen LogP contribution is -2.27. The fourth-order valence-corrected chi connectivity index (χ4v) is 2.50. The lowest BCUT2D eigenvalue weighted by atomic mass is 9.99. The molecule has 1 aromatic carbocycles. The molecule has 2 N–H and O–H groups in total. The Balaban J connectivity index is 2.42. The third kappa shape index (κ3) is 1.19. The van der Waals surface area contributed by atoms with Crippen LogP contribution in [-0.2, 0) is 6.42 Å². The second kappa shape index (κ2) is 3.28. The quantitative estimate of drug-likeness (QED) is 0.704. The van der Waals surface area contributed by atoms with Gasteiger partial charge in [0.1, 0.15) is 11.6 Å². The fraction of sp³-hybridized carbons (Fsp3) is 0.333. The number of halogens is 2. The Morgan fingerprint density at radius 2 is 2.00 bits per heavy atom. The first kappa shape index (κ1) is 9.78. The van der Waals surface area contributed by atoms with Gasteiger partial charge in [0.25, 0.3) is 0 Å². The van der Waals surface area contributed by atoms with Gasteiger partial charge in [0, 0.05) is 35.7 Å². The zero-order chi connectivity index (χ0) is 11.3. The minimum Gasteiger partial charge on any atom is -0.356 e. The van der Waals surface area contributed by atoms with E-state index in [-0.39, 0.29) is 11.9 Å². The van der Waals surface area contributed by atoms with E-state index in [2.05, 4.69) is 10.3 Å². The summed E-state index contributed by atoms with van der Waals surface area (Å²) in [4.78, 5) is 3.00. The van der Waals surface area contributed by atoms with E-state index in [1.807, 2.05) is 6.92 Å². The van der Waals surface area contributed by atoms with Gasteiger partial charge in [-0.25, -0.2) is 8.78 Å². The molecule has 3 rings (SSSR count). The largest absolute Gasteiger partial charge is 0.356 e. The highest BCUT2D eigenvalue weighted by atomic mass is 19.1. The highest BCUT2D eigenvalue weighted by Crippen LogP contribution is 2.33. The lowest BCUT2D eigenvalue weighted by molar-refractivity contribution is 0.538. The van der Waals surface area contributed by atoms with Crippen molar-refractivity contribution in [3.63, 3.8) is 0 Å². The first-order valence-electron chi connectivity index (χ1n) is 5.40. The molecule has 4 heteroatoms. The van der Waals surface area contributed by atoms with Crippen LogP contribution in [0.5, 0.6) is 0 Å². The molecule has 16 heavy (non-hydrogen) atoms. The van der Waals surface area contributed by atoms with Gasteiger partial charge in [-0.1, -0.05) is 0 Å². The Morgan fingerprint density at radius 3 is 2.81 bits per heavy atom. The maximum absolute atomic E-state index is 13.7. The van der Waals surface area contributed by atoms with Crippen LogP contribution in [0.15, 0.2) is 12.1 Å². The van der Waals surface area contributed by atoms with Crippen LogP contribution >= 0.6 is 0 Å². The normalized spacial score (nSPS) is 20.1. The molecule has 2 nitrogen and oxygen atoms in total. The van der Waals surface area contributed by atoms with E-state index in [9.17, 15) is 8.78 Å². The van der Waals surface area contributed by atoms with Crippen molar-refractivity contribution < 1.29 is 8.78 Å². The first-order valence-corrected chi connectivity index (χ1v) is 5.40. The van der Waals surface area contributed by atoms with E-state index in [0.717, 1.165) is 30.3 Å². The molecular weight excluding hydrogens is 210 g/mol. The molecule has 0 unspecified atom stereocenters. The summed E-state index contributed by atoms with van der Waals surface area (Å²) in [6.07, 6.45) is 0.785. The van der Waals surface area contributed by atoms with Crippen molar-refractivity contribution in [2.75, 3.05) is 6.54 Å². The number of H-pyrrole nitrogens is 1. The highest BCUT2D eigenvalue weighted by molar-refractivity contribution is 5.86. The van der Waals surface area contributed by atoms with Gasteiger partial charge in [-0.05, 0) is 19.1 Å². The monoisotopic (exact) mass is 222 g/mol. The molecule has 0 radical (unpaired) electrons. The molecule has 2 heterocycles. The number of fused-ring (bicyclic) bond motifs is 3. The van der Waals surface area contributed by atoms with E-state index < -0.39 is 5.82 Å². The van der Waals surface area contributed by atoms with Crippen LogP contribution in [0.3, 0.4) is 0 Å². The Morgan fingerprint density at radius 1 is 1.25 bits per heavy atom. The molecule has 0 aliphatic carbocycles. The van der Waals surface area contributed by atoms with E-state index >= 15 is 0 Å². The van der Waals surface area contributed by atoms with Crippen molar-refractivity contribution in [2.45, 2.75) is 19.4 Å². The number of aromatic amines is 1. The molecule has 1 atom stereocenters. The number of nitrogens with one attached hydrogen (secondary N) is 2. The summed E-state index contributed by atoms with van der Waals surface area (Å²) < 4.78 is 27.3. The fourth-order valence-electron chi connectivity index (χ4n) is 2.50. The molecule has 0 amide bonds.